The Morgan fingerprint density at radius 3 is 2.42 bits per heavy atom. The lowest BCUT2D eigenvalue weighted by atomic mass is 9.82. The maximum Gasteiger partial charge on any atom is 0.418 e. The Hall–Kier alpha value is -3.35. The molecule has 1 fully saturated rings. The van der Waals surface area contributed by atoms with Crippen LogP contribution < -0.4 is 9.64 Å². The van der Waals surface area contributed by atoms with Crippen LogP contribution in [0.1, 0.15) is 51.5 Å². The van der Waals surface area contributed by atoms with Gasteiger partial charge in [0, 0.05) is 11.1 Å². The smallest absolute Gasteiger partial charge is 0.418 e. The van der Waals surface area contributed by atoms with Gasteiger partial charge < -0.3 is 9.47 Å². The lowest BCUT2D eigenvalue weighted by Crippen LogP contribution is -2.34. The van der Waals surface area contributed by atoms with Gasteiger partial charge in [-0.15, -0.1) is 0 Å². The van der Waals surface area contributed by atoms with E-state index in [4.69, 9.17) is 9.47 Å². The van der Waals surface area contributed by atoms with Crippen LogP contribution >= 0.6 is 0 Å². The number of methoxy groups -OCH3 is 1. The SMILES string of the molecule is COc1ccc(N(/C=C2/CCC[C@H]2[C@@H](C[N+](=O)[O-])c2ccccc2)C(=O)OC(C)(C)C)cc1. The molecular weight excluding hydrogens is 420 g/mol. The molecule has 7 nitrogen and oxygen atoms in total. The van der Waals surface area contributed by atoms with E-state index in [1.165, 1.54) is 4.90 Å². The third-order valence-electron chi connectivity index (χ3n) is 5.75. The first-order chi connectivity index (χ1) is 15.7. The summed E-state index contributed by atoms with van der Waals surface area (Å²) in [7, 11) is 1.59. The summed E-state index contributed by atoms with van der Waals surface area (Å²) < 4.78 is 10.9. The van der Waals surface area contributed by atoms with Crippen molar-refractivity contribution in [3.8, 4) is 5.75 Å². The molecule has 0 aromatic heterocycles. The quantitative estimate of drug-likeness (QED) is 0.370. The normalized spacial score (nSPS) is 18.1. The van der Waals surface area contributed by atoms with E-state index in [9.17, 15) is 14.9 Å². The molecule has 3 rings (SSSR count). The Labute approximate surface area is 195 Å². The molecule has 0 unspecified atom stereocenters. The summed E-state index contributed by atoms with van der Waals surface area (Å²) in [6.07, 6.45) is 3.87. The average molecular weight is 453 g/mol. The summed E-state index contributed by atoms with van der Waals surface area (Å²) in [6.45, 7) is 5.32. The summed E-state index contributed by atoms with van der Waals surface area (Å²) in [6, 6.07) is 16.8. The van der Waals surface area contributed by atoms with E-state index in [2.05, 4.69) is 0 Å². The van der Waals surface area contributed by atoms with Crippen LogP contribution in [0.3, 0.4) is 0 Å². The Morgan fingerprint density at radius 2 is 1.85 bits per heavy atom. The van der Waals surface area contributed by atoms with Gasteiger partial charge in [-0.2, -0.15) is 0 Å². The van der Waals surface area contributed by atoms with Crippen LogP contribution in [0, 0.1) is 16.0 Å². The Kier molecular flexibility index (Phi) is 7.74. The number of benzene rings is 2. The molecule has 176 valence electrons. The zero-order chi connectivity index (χ0) is 24.0. The molecular formula is C26H32N2O5. The molecule has 0 spiro atoms. The molecule has 0 aliphatic heterocycles. The third-order valence-corrected chi connectivity index (χ3v) is 5.75. The van der Waals surface area contributed by atoms with Gasteiger partial charge in [0.05, 0.1) is 18.7 Å². The lowest BCUT2D eigenvalue weighted by Gasteiger charge is -2.28. The van der Waals surface area contributed by atoms with Crippen LogP contribution in [0.2, 0.25) is 0 Å². The molecule has 2 aromatic carbocycles. The first-order valence-electron chi connectivity index (χ1n) is 11.2. The number of hydrogen-bond donors (Lipinski definition) is 0. The van der Waals surface area contributed by atoms with Crippen LogP contribution in [0.25, 0.3) is 0 Å². The summed E-state index contributed by atoms with van der Waals surface area (Å²) in [5, 5.41) is 11.5. The molecule has 0 saturated heterocycles. The van der Waals surface area contributed by atoms with Gasteiger partial charge in [-0.05, 0) is 81.4 Å². The van der Waals surface area contributed by atoms with Gasteiger partial charge in [0.2, 0.25) is 6.54 Å². The summed E-state index contributed by atoms with van der Waals surface area (Å²) in [5.41, 5.74) is 1.95. The fourth-order valence-electron chi connectivity index (χ4n) is 4.29. The monoisotopic (exact) mass is 452 g/mol. The topological polar surface area (TPSA) is 81.9 Å². The van der Waals surface area contributed by atoms with Crippen molar-refractivity contribution in [3.63, 3.8) is 0 Å². The number of ether oxygens (including phenoxy) is 2. The molecule has 0 N–H and O–H groups in total. The van der Waals surface area contributed by atoms with E-state index in [1.807, 2.05) is 57.3 Å². The summed E-state index contributed by atoms with van der Waals surface area (Å²) >= 11 is 0. The van der Waals surface area contributed by atoms with Crippen LogP contribution in [0.4, 0.5) is 10.5 Å². The van der Waals surface area contributed by atoms with Gasteiger partial charge >= 0.3 is 6.09 Å². The number of amides is 1. The first kappa shape index (κ1) is 24.3. The highest BCUT2D eigenvalue weighted by Crippen LogP contribution is 2.42. The molecule has 1 saturated carbocycles. The fourth-order valence-corrected chi connectivity index (χ4v) is 4.29. The highest BCUT2D eigenvalue weighted by atomic mass is 16.6. The standard InChI is InChI=1S/C26H32N2O5/c1-26(2,3)33-25(29)27(21-13-15-22(32-4)16-14-21)17-20-11-8-12-23(20)24(18-28(30)31)19-9-6-5-7-10-19/h5-7,9-10,13-17,23-24H,8,11-12,18H2,1-4H3/b20-17-/t23-,24+/m1/s1. The fraction of sp³-hybridized carbons (Fsp3) is 0.423. The second kappa shape index (κ2) is 10.5. The van der Waals surface area contributed by atoms with E-state index in [0.29, 0.717) is 11.4 Å². The van der Waals surface area contributed by atoms with E-state index in [1.54, 1.807) is 31.4 Å². The number of carbonyl (C=O) groups excluding carboxylic acids is 1. The van der Waals surface area contributed by atoms with Crippen molar-refractivity contribution in [2.45, 2.75) is 51.6 Å². The molecule has 0 heterocycles. The number of carbonyl (C=O) groups is 1. The van der Waals surface area contributed by atoms with E-state index in [0.717, 1.165) is 30.4 Å². The Morgan fingerprint density at radius 1 is 1.18 bits per heavy atom. The van der Waals surface area contributed by atoms with Gasteiger partial charge in [-0.1, -0.05) is 30.3 Å². The van der Waals surface area contributed by atoms with Crippen LogP contribution in [0.5, 0.6) is 5.75 Å². The Balaban J connectivity index is 1.99. The third kappa shape index (κ3) is 6.57. The number of rotatable bonds is 7. The van der Waals surface area contributed by atoms with E-state index < -0.39 is 11.7 Å². The molecule has 0 radical (unpaired) electrons. The average Bonchev–Trinajstić information content (AvgIpc) is 3.23. The van der Waals surface area contributed by atoms with Crippen molar-refractivity contribution >= 4 is 11.8 Å². The van der Waals surface area contributed by atoms with Gasteiger partial charge in [-0.25, -0.2) is 4.79 Å². The van der Waals surface area contributed by atoms with Crippen molar-refractivity contribution in [2.24, 2.45) is 5.92 Å². The molecule has 1 aliphatic rings. The number of nitrogens with zero attached hydrogens (tertiary/aromatic N) is 2. The Bertz CT molecular complexity index is 980. The highest BCUT2D eigenvalue weighted by molar-refractivity contribution is 5.90. The zero-order valence-electron chi connectivity index (χ0n) is 19.7. The first-order valence-corrected chi connectivity index (χ1v) is 11.2. The molecule has 0 bridgehead atoms. The van der Waals surface area contributed by atoms with Crippen molar-refractivity contribution in [2.75, 3.05) is 18.6 Å². The summed E-state index contributed by atoms with van der Waals surface area (Å²) in [5.74, 6) is 0.400. The summed E-state index contributed by atoms with van der Waals surface area (Å²) in [4.78, 5) is 25.9. The minimum absolute atomic E-state index is 0.0269. The van der Waals surface area contributed by atoms with Crippen LogP contribution in [-0.2, 0) is 4.74 Å². The van der Waals surface area contributed by atoms with Crippen molar-refractivity contribution in [1.29, 1.82) is 0 Å². The number of nitro groups is 1. The molecule has 2 aromatic rings. The molecule has 2 atom stereocenters. The van der Waals surface area contributed by atoms with Crippen LogP contribution in [-0.4, -0.2) is 30.3 Å². The number of anilines is 1. The van der Waals surface area contributed by atoms with E-state index in [-0.39, 0.29) is 23.3 Å². The van der Waals surface area contributed by atoms with E-state index >= 15 is 0 Å². The largest absolute Gasteiger partial charge is 0.497 e. The minimum atomic E-state index is -0.659. The van der Waals surface area contributed by atoms with Crippen molar-refractivity contribution in [3.05, 3.63) is 82.0 Å². The zero-order valence-corrected chi connectivity index (χ0v) is 19.7. The maximum absolute atomic E-state index is 13.1. The molecule has 1 aliphatic carbocycles. The predicted molar refractivity (Wildman–Crippen MR) is 128 cm³/mol. The van der Waals surface area contributed by atoms with Crippen LogP contribution in [0.15, 0.2) is 66.4 Å². The van der Waals surface area contributed by atoms with Crippen molar-refractivity contribution in [1.82, 2.24) is 0 Å². The molecule has 1 amide bonds. The van der Waals surface area contributed by atoms with Gasteiger partial charge in [0.15, 0.2) is 0 Å². The molecule has 33 heavy (non-hydrogen) atoms. The highest BCUT2D eigenvalue weighted by Gasteiger charge is 2.35. The van der Waals surface area contributed by atoms with Crippen molar-refractivity contribution < 1.29 is 19.2 Å². The van der Waals surface area contributed by atoms with Gasteiger partial charge in [-0.3, -0.25) is 15.0 Å². The second-order valence-corrected chi connectivity index (χ2v) is 9.28. The second-order valence-electron chi connectivity index (χ2n) is 9.28. The van der Waals surface area contributed by atoms with Gasteiger partial charge in [0.1, 0.15) is 11.4 Å². The maximum atomic E-state index is 13.1. The van der Waals surface area contributed by atoms with Gasteiger partial charge in [0.25, 0.3) is 0 Å². The lowest BCUT2D eigenvalue weighted by molar-refractivity contribution is -0.484. The molecule has 7 heteroatoms. The number of hydrogen-bond acceptors (Lipinski definition) is 5. The predicted octanol–water partition coefficient (Wildman–Crippen LogP) is 6.18. The minimum Gasteiger partial charge on any atom is -0.497 e. The number of allylic oxidation sites excluding steroid dienone is 1.